The van der Waals surface area contributed by atoms with Gasteiger partial charge in [-0.05, 0) is 6.42 Å². The Morgan fingerprint density at radius 3 is 1.79 bits per heavy atom. The molecule has 0 bridgehead atoms. The smallest absolute Gasteiger partial charge is 0.377 e. The molecule has 0 saturated heterocycles. The van der Waals surface area contributed by atoms with E-state index in [1.54, 1.807) is 0 Å². The van der Waals surface area contributed by atoms with Gasteiger partial charge in [0, 0.05) is 25.7 Å². The number of cyclic esters (lactones) is 1. The Labute approximate surface area is 256 Å². The third-order valence-electron chi connectivity index (χ3n) is 6.67. The lowest BCUT2D eigenvalue weighted by atomic mass is 10.0. The van der Waals surface area contributed by atoms with Gasteiger partial charge in [0.1, 0.15) is 19.3 Å². The van der Waals surface area contributed by atoms with E-state index in [-0.39, 0.29) is 12.8 Å². The van der Waals surface area contributed by atoms with E-state index in [2.05, 4.69) is 11.7 Å². The summed E-state index contributed by atoms with van der Waals surface area (Å²) < 4.78 is 14.9. The highest BCUT2D eigenvalue weighted by atomic mass is 16.6. The van der Waals surface area contributed by atoms with Gasteiger partial charge in [-0.15, -0.1) is 0 Å². The van der Waals surface area contributed by atoms with E-state index in [1.807, 2.05) is 21.1 Å². The van der Waals surface area contributed by atoms with Crippen molar-refractivity contribution in [2.75, 3.05) is 34.3 Å². The van der Waals surface area contributed by atoms with Gasteiger partial charge in [-0.3, -0.25) is 9.59 Å². The van der Waals surface area contributed by atoms with E-state index in [4.69, 9.17) is 9.47 Å². The van der Waals surface area contributed by atoms with Crippen molar-refractivity contribution in [3.63, 3.8) is 0 Å². The second-order valence-corrected chi connectivity index (χ2v) is 12.1. The van der Waals surface area contributed by atoms with Crippen LogP contribution in [0.25, 0.3) is 0 Å². The summed E-state index contributed by atoms with van der Waals surface area (Å²) in [5.74, 6) is -4.88. The van der Waals surface area contributed by atoms with E-state index >= 15 is 0 Å². The fourth-order valence-corrected chi connectivity index (χ4v) is 4.53. The molecular weight excluding hydrogens is 562 g/mol. The Morgan fingerprint density at radius 2 is 1.40 bits per heavy atom. The minimum atomic E-state index is -1.42. The largest absolute Gasteiger partial charge is 0.550 e. The molecule has 1 heterocycles. The molecule has 0 radical (unpaired) electrons. The van der Waals surface area contributed by atoms with E-state index in [0.717, 1.165) is 19.3 Å². The molecule has 43 heavy (non-hydrogen) atoms. The Balaban J connectivity index is 0.00000106. The number of unbranched alkanes of at least 4 members (excludes halogenated alkanes) is 12. The molecule has 12 heteroatoms. The molecule has 1 aliphatic heterocycles. The quantitative estimate of drug-likeness (QED) is 0.0701. The van der Waals surface area contributed by atoms with Crippen LogP contribution in [0.5, 0.6) is 0 Å². The zero-order chi connectivity index (χ0) is 32.8. The second kappa shape index (κ2) is 22.6. The molecule has 0 aromatic rings. The number of hydrogen-bond acceptors (Lipinski definition) is 11. The van der Waals surface area contributed by atoms with Crippen LogP contribution in [0.3, 0.4) is 0 Å². The van der Waals surface area contributed by atoms with Crippen LogP contribution in [0, 0.1) is 0 Å². The van der Waals surface area contributed by atoms with Crippen LogP contribution in [0.1, 0.15) is 110 Å². The average Bonchev–Trinajstić information content (AvgIpc) is 3.15. The SMILES string of the molecule is CC(=O)O[C@H](CC(=O)[O-])C[N+](C)(C)C.CCCCCCCCCCCCCCCC(=O)OC[C@H](O)[C@H]1OC(=O)C(O)=C1O. The second-order valence-electron chi connectivity index (χ2n) is 12.1. The number of quaternary nitrogens is 1. The van der Waals surface area contributed by atoms with E-state index < -0.39 is 60.3 Å². The first kappa shape index (κ1) is 40.1. The van der Waals surface area contributed by atoms with Gasteiger partial charge in [0.2, 0.25) is 5.76 Å². The van der Waals surface area contributed by atoms with E-state index in [1.165, 1.54) is 71.1 Å². The highest BCUT2D eigenvalue weighted by Gasteiger charge is 2.39. The maximum atomic E-state index is 11.7. The monoisotopic (exact) mass is 617 g/mol. The predicted octanol–water partition coefficient (Wildman–Crippen LogP) is 3.39. The number of aliphatic hydroxyl groups is 3. The third-order valence-corrected chi connectivity index (χ3v) is 6.67. The molecule has 3 atom stereocenters. The molecule has 0 amide bonds. The van der Waals surface area contributed by atoms with Gasteiger partial charge < -0.3 is 43.9 Å². The lowest BCUT2D eigenvalue weighted by molar-refractivity contribution is -0.873. The van der Waals surface area contributed by atoms with E-state index in [9.17, 15) is 39.6 Å². The highest BCUT2D eigenvalue weighted by molar-refractivity contribution is 5.89. The predicted molar refractivity (Wildman–Crippen MR) is 158 cm³/mol. The molecule has 1 aliphatic rings. The van der Waals surface area contributed by atoms with Crippen molar-refractivity contribution in [3.05, 3.63) is 11.5 Å². The summed E-state index contributed by atoms with van der Waals surface area (Å²) >= 11 is 0. The fourth-order valence-electron chi connectivity index (χ4n) is 4.53. The van der Waals surface area contributed by atoms with Gasteiger partial charge in [-0.2, -0.15) is 0 Å². The number of esters is 3. The maximum absolute atomic E-state index is 11.7. The van der Waals surface area contributed by atoms with Crippen LogP contribution in [-0.2, 0) is 33.4 Å². The molecule has 0 aromatic heterocycles. The minimum Gasteiger partial charge on any atom is -0.550 e. The summed E-state index contributed by atoms with van der Waals surface area (Å²) in [5.41, 5.74) is 0. The minimum absolute atomic E-state index is 0.255. The Kier molecular flexibility index (Phi) is 21.1. The van der Waals surface area contributed by atoms with Crippen LogP contribution in [0.2, 0.25) is 0 Å². The first-order chi connectivity index (χ1) is 20.2. The molecule has 0 fully saturated rings. The van der Waals surface area contributed by atoms with Crippen LogP contribution in [0.15, 0.2) is 11.5 Å². The standard InChI is InChI=1S/C22H38O7.C9H17NO4/c1-2-3-4-5-6-7-8-9-10-11-12-13-14-15-18(24)28-16-17(23)21-19(25)20(26)22(27)29-21;1-7(11)14-8(5-9(12)13)6-10(2,3)4/h17,21,23,25-26H,2-16H2,1H3;8H,5-6H2,1-4H3/t17-,21+;8-/m01/s1. The van der Waals surface area contributed by atoms with Gasteiger partial charge in [-0.1, -0.05) is 84.0 Å². The summed E-state index contributed by atoms with van der Waals surface area (Å²) in [6, 6.07) is 0. The van der Waals surface area contributed by atoms with Crippen molar-refractivity contribution in [2.24, 2.45) is 0 Å². The zero-order valence-electron chi connectivity index (χ0n) is 26.8. The van der Waals surface area contributed by atoms with Crippen LogP contribution in [-0.4, -0.2) is 96.3 Å². The highest BCUT2D eigenvalue weighted by Crippen LogP contribution is 2.21. The third kappa shape index (κ3) is 21.5. The van der Waals surface area contributed by atoms with Gasteiger partial charge in [0.05, 0.1) is 21.1 Å². The number of aliphatic carboxylic acids is 1. The summed E-state index contributed by atoms with van der Waals surface area (Å²) in [6.07, 6.45) is 12.5. The van der Waals surface area contributed by atoms with Crippen LogP contribution >= 0.6 is 0 Å². The molecule has 0 aliphatic carbocycles. The number of carboxylic acid groups (broad SMARTS) is 1. The molecule has 250 valence electrons. The molecule has 1 rings (SSSR count). The van der Waals surface area contributed by atoms with Gasteiger partial charge in [0.25, 0.3) is 0 Å². The molecular formula is C31H55NO11. The van der Waals surface area contributed by atoms with Gasteiger partial charge >= 0.3 is 17.9 Å². The molecule has 12 nitrogen and oxygen atoms in total. The van der Waals surface area contributed by atoms with Crippen molar-refractivity contribution in [3.8, 4) is 0 Å². The molecule has 0 spiro atoms. The van der Waals surface area contributed by atoms with Crippen molar-refractivity contribution in [2.45, 2.75) is 128 Å². The number of likely N-dealkylation sites (N-methyl/N-ethyl adjacent to an activating group) is 1. The normalized spacial score (nSPS) is 16.1. The first-order valence-corrected chi connectivity index (χ1v) is 15.5. The van der Waals surface area contributed by atoms with E-state index in [0.29, 0.717) is 11.0 Å². The summed E-state index contributed by atoms with van der Waals surface area (Å²) in [6.45, 7) is 3.54. The van der Waals surface area contributed by atoms with Crippen molar-refractivity contribution in [1.29, 1.82) is 0 Å². The number of carboxylic acids is 1. The number of ether oxygens (including phenoxy) is 3. The topological polar surface area (TPSA) is 180 Å². The zero-order valence-corrected chi connectivity index (χ0v) is 26.8. The lowest BCUT2D eigenvalue weighted by Crippen LogP contribution is -2.45. The summed E-state index contributed by atoms with van der Waals surface area (Å²) in [7, 11) is 5.68. The maximum Gasteiger partial charge on any atom is 0.377 e. The lowest BCUT2D eigenvalue weighted by Gasteiger charge is -2.28. The van der Waals surface area contributed by atoms with Crippen molar-refractivity contribution in [1.82, 2.24) is 0 Å². The molecule has 0 saturated carbocycles. The average molecular weight is 618 g/mol. The number of carbonyl (C=O) groups is 4. The Hall–Kier alpha value is -2.86. The summed E-state index contributed by atoms with van der Waals surface area (Å²) in [5, 5.41) is 38.9. The number of hydrogen-bond donors (Lipinski definition) is 3. The Morgan fingerprint density at radius 1 is 0.907 bits per heavy atom. The van der Waals surface area contributed by atoms with Crippen LogP contribution in [0.4, 0.5) is 0 Å². The summed E-state index contributed by atoms with van der Waals surface area (Å²) in [4.78, 5) is 43.8. The number of rotatable bonds is 22. The number of aliphatic hydroxyl groups excluding tert-OH is 3. The molecule has 0 aromatic carbocycles. The Bertz CT molecular complexity index is 850. The number of carbonyl (C=O) groups excluding carboxylic acids is 4. The van der Waals surface area contributed by atoms with Crippen LogP contribution < -0.4 is 5.11 Å². The first-order valence-electron chi connectivity index (χ1n) is 15.5. The van der Waals surface area contributed by atoms with Crippen molar-refractivity contribution < 1.29 is 58.3 Å². The van der Waals surface area contributed by atoms with Gasteiger partial charge in [-0.25, -0.2) is 4.79 Å². The van der Waals surface area contributed by atoms with Gasteiger partial charge in [0.15, 0.2) is 18.0 Å². The number of nitrogens with zero attached hydrogens (tertiary/aromatic N) is 1. The molecule has 0 unspecified atom stereocenters. The fraction of sp³-hybridized carbons (Fsp3) is 0.806. The van der Waals surface area contributed by atoms with Crippen molar-refractivity contribution >= 4 is 23.9 Å². The molecule has 3 N–H and O–H groups in total.